The summed E-state index contributed by atoms with van der Waals surface area (Å²) in [6, 6.07) is 18.5. The Hall–Kier alpha value is -3.34. The minimum atomic E-state index is -0.458. The Morgan fingerprint density at radius 3 is 2.15 bits per heavy atom. The standard InChI is InChI=1S/C28H34N2O3/c1-19-25(27(29)32)26(21-11-13-22(14-12-21)28(2,3)4)23(15-16-24(31)33-5)30(19)18-17-20-9-7-6-8-10-20/h6-14H,15-18H2,1-5H3,(H2,29,32). The van der Waals surface area contributed by atoms with Crippen molar-refractivity contribution < 1.29 is 14.3 Å². The van der Waals surface area contributed by atoms with Crippen LogP contribution in [0.25, 0.3) is 11.1 Å². The maximum Gasteiger partial charge on any atom is 0.305 e. The van der Waals surface area contributed by atoms with Gasteiger partial charge in [-0.05, 0) is 41.9 Å². The summed E-state index contributed by atoms with van der Waals surface area (Å²) in [4.78, 5) is 24.6. The van der Waals surface area contributed by atoms with Crippen LogP contribution in [0.2, 0.25) is 0 Å². The summed E-state index contributed by atoms with van der Waals surface area (Å²) in [5, 5.41) is 0. The number of primary amides is 1. The van der Waals surface area contributed by atoms with E-state index in [1.165, 1.54) is 18.2 Å². The Morgan fingerprint density at radius 2 is 1.61 bits per heavy atom. The molecule has 3 rings (SSSR count). The number of rotatable bonds is 8. The number of amides is 1. The number of aromatic nitrogens is 1. The maximum absolute atomic E-state index is 12.6. The lowest BCUT2D eigenvalue weighted by atomic mass is 9.86. The van der Waals surface area contributed by atoms with Gasteiger partial charge < -0.3 is 15.0 Å². The number of nitrogens with zero attached hydrogens (tertiary/aromatic N) is 1. The molecular weight excluding hydrogens is 412 g/mol. The summed E-state index contributed by atoms with van der Waals surface area (Å²) in [6.45, 7) is 9.13. The monoisotopic (exact) mass is 446 g/mol. The van der Waals surface area contributed by atoms with Crippen molar-refractivity contribution in [2.24, 2.45) is 5.73 Å². The van der Waals surface area contributed by atoms with Crippen molar-refractivity contribution in [3.05, 3.63) is 82.7 Å². The number of hydrogen-bond acceptors (Lipinski definition) is 3. The highest BCUT2D eigenvalue weighted by Crippen LogP contribution is 2.35. The van der Waals surface area contributed by atoms with Crippen LogP contribution in [0.15, 0.2) is 54.6 Å². The minimum Gasteiger partial charge on any atom is -0.469 e. The number of esters is 1. The van der Waals surface area contributed by atoms with Crippen LogP contribution in [-0.4, -0.2) is 23.6 Å². The van der Waals surface area contributed by atoms with Crippen LogP contribution in [0.3, 0.4) is 0 Å². The first-order chi connectivity index (χ1) is 15.6. The third-order valence-electron chi connectivity index (χ3n) is 6.18. The SMILES string of the molecule is COC(=O)CCc1c(-c2ccc(C(C)(C)C)cc2)c(C(N)=O)c(C)n1CCc1ccccc1. The zero-order valence-corrected chi connectivity index (χ0v) is 20.3. The quantitative estimate of drug-likeness (QED) is 0.483. The van der Waals surface area contributed by atoms with Gasteiger partial charge in [0.1, 0.15) is 0 Å². The van der Waals surface area contributed by atoms with Gasteiger partial charge in [0, 0.05) is 23.5 Å². The van der Waals surface area contributed by atoms with E-state index in [1.807, 2.05) is 37.3 Å². The fraction of sp³-hybridized carbons (Fsp3) is 0.357. The predicted octanol–water partition coefficient (Wildman–Crippen LogP) is 5.21. The second-order valence-electron chi connectivity index (χ2n) is 9.44. The van der Waals surface area contributed by atoms with Gasteiger partial charge in [0.15, 0.2) is 0 Å². The van der Waals surface area contributed by atoms with Crippen LogP contribution in [-0.2, 0) is 34.3 Å². The summed E-state index contributed by atoms with van der Waals surface area (Å²) < 4.78 is 7.03. The fourth-order valence-electron chi connectivity index (χ4n) is 4.32. The van der Waals surface area contributed by atoms with Crippen molar-refractivity contribution in [2.75, 3.05) is 7.11 Å². The largest absolute Gasteiger partial charge is 0.469 e. The lowest BCUT2D eigenvalue weighted by Gasteiger charge is -2.19. The van der Waals surface area contributed by atoms with E-state index >= 15 is 0 Å². The highest BCUT2D eigenvalue weighted by atomic mass is 16.5. The number of nitrogens with two attached hydrogens (primary N) is 1. The van der Waals surface area contributed by atoms with Crippen molar-refractivity contribution in [2.45, 2.75) is 58.9 Å². The number of hydrogen-bond donors (Lipinski definition) is 1. The molecule has 0 fully saturated rings. The number of carbonyl (C=O) groups excluding carboxylic acids is 2. The molecule has 0 aliphatic rings. The second-order valence-corrected chi connectivity index (χ2v) is 9.44. The molecule has 174 valence electrons. The van der Waals surface area contributed by atoms with Crippen LogP contribution in [0.1, 0.15) is 60.1 Å². The van der Waals surface area contributed by atoms with Crippen molar-refractivity contribution in [3.8, 4) is 11.1 Å². The first-order valence-electron chi connectivity index (χ1n) is 11.4. The molecule has 0 radical (unpaired) electrons. The van der Waals surface area contributed by atoms with Gasteiger partial charge in [-0.3, -0.25) is 9.59 Å². The molecule has 0 bridgehead atoms. The molecule has 0 spiro atoms. The number of aryl methyl sites for hydroxylation is 1. The summed E-state index contributed by atoms with van der Waals surface area (Å²) in [5.74, 6) is -0.738. The lowest BCUT2D eigenvalue weighted by Crippen LogP contribution is -2.14. The highest BCUT2D eigenvalue weighted by Gasteiger charge is 2.25. The molecule has 1 amide bonds. The van der Waals surface area contributed by atoms with E-state index in [-0.39, 0.29) is 17.8 Å². The average Bonchev–Trinajstić information content (AvgIpc) is 3.07. The third-order valence-corrected chi connectivity index (χ3v) is 6.18. The van der Waals surface area contributed by atoms with Gasteiger partial charge in [0.25, 0.3) is 5.91 Å². The predicted molar refractivity (Wildman–Crippen MR) is 132 cm³/mol. The first kappa shape index (κ1) is 24.3. The first-order valence-corrected chi connectivity index (χ1v) is 11.4. The van der Waals surface area contributed by atoms with E-state index in [2.05, 4.69) is 49.6 Å². The zero-order valence-electron chi connectivity index (χ0n) is 20.3. The van der Waals surface area contributed by atoms with E-state index < -0.39 is 5.91 Å². The second kappa shape index (κ2) is 10.1. The van der Waals surface area contributed by atoms with E-state index in [1.54, 1.807) is 0 Å². The molecule has 5 heteroatoms. The van der Waals surface area contributed by atoms with Gasteiger partial charge in [-0.15, -0.1) is 0 Å². The van der Waals surface area contributed by atoms with Crippen LogP contribution in [0.5, 0.6) is 0 Å². The van der Waals surface area contributed by atoms with Gasteiger partial charge in [-0.1, -0.05) is 75.4 Å². The molecule has 2 N–H and O–H groups in total. The number of carbonyl (C=O) groups is 2. The number of methoxy groups -OCH3 is 1. The Kier molecular flexibility index (Phi) is 7.42. The van der Waals surface area contributed by atoms with Gasteiger partial charge in [-0.25, -0.2) is 0 Å². The maximum atomic E-state index is 12.6. The number of benzene rings is 2. The van der Waals surface area contributed by atoms with E-state index in [9.17, 15) is 9.59 Å². The van der Waals surface area contributed by atoms with Crippen LogP contribution >= 0.6 is 0 Å². The summed E-state index contributed by atoms with van der Waals surface area (Å²) in [6.07, 6.45) is 1.50. The molecular formula is C28H34N2O3. The lowest BCUT2D eigenvalue weighted by molar-refractivity contribution is -0.140. The molecule has 1 heterocycles. The van der Waals surface area contributed by atoms with Gasteiger partial charge in [-0.2, -0.15) is 0 Å². The number of ether oxygens (including phenoxy) is 1. The third kappa shape index (κ3) is 5.54. The molecule has 0 saturated carbocycles. The Labute approximate surface area is 196 Å². The van der Waals surface area contributed by atoms with Crippen LogP contribution < -0.4 is 5.73 Å². The van der Waals surface area contributed by atoms with E-state index in [0.717, 1.165) is 28.9 Å². The van der Waals surface area contributed by atoms with Crippen LogP contribution in [0.4, 0.5) is 0 Å². The van der Waals surface area contributed by atoms with E-state index in [4.69, 9.17) is 10.5 Å². The molecule has 1 aromatic heterocycles. The summed E-state index contributed by atoms with van der Waals surface area (Å²) in [5.41, 5.74) is 12.4. The van der Waals surface area contributed by atoms with Crippen molar-refractivity contribution >= 4 is 11.9 Å². The van der Waals surface area contributed by atoms with Gasteiger partial charge >= 0.3 is 5.97 Å². The smallest absolute Gasteiger partial charge is 0.305 e. The van der Waals surface area contributed by atoms with Crippen LogP contribution in [0, 0.1) is 6.92 Å². The average molecular weight is 447 g/mol. The molecule has 5 nitrogen and oxygen atoms in total. The molecule has 0 unspecified atom stereocenters. The van der Waals surface area contributed by atoms with Crippen molar-refractivity contribution in [3.63, 3.8) is 0 Å². The van der Waals surface area contributed by atoms with E-state index in [0.29, 0.717) is 18.5 Å². The molecule has 33 heavy (non-hydrogen) atoms. The molecule has 0 aliphatic heterocycles. The molecule has 0 saturated heterocycles. The van der Waals surface area contributed by atoms with Crippen molar-refractivity contribution in [1.82, 2.24) is 4.57 Å². The highest BCUT2D eigenvalue weighted by molar-refractivity contribution is 6.02. The van der Waals surface area contributed by atoms with Gasteiger partial charge in [0.2, 0.25) is 0 Å². The Morgan fingerprint density at radius 1 is 0.970 bits per heavy atom. The molecule has 3 aromatic rings. The Bertz CT molecular complexity index is 1120. The summed E-state index contributed by atoms with van der Waals surface area (Å²) in [7, 11) is 1.39. The normalized spacial score (nSPS) is 11.4. The molecule has 0 aliphatic carbocycles. The Balaban J connectivity index is 2.12. The molecule has 0 atom stereocenters. The van der Waals surface area contributed by atoms with Crippen molar-refractivity contribution in [1.29, 1.82) is 0 Å². The minimum absolute atomic E-state index is 0.0241. The fourth-order valence-corrected chi connectivity index (χ4v) is 4.32. The summed E-state index contributed by atoms with van der Waals surface area (Å²) >= 11 is 0. The molecule has 2 aromatic carbocycles. The topological polar surface area (TPSA) is 74.3 Å². The zero-order chi connectivity index (χ0) is 24.2. The van der Waals surface area contributed by atoms with Gasteiger partial charge in [0.05, 0.1) is 19.1 Å².